The standard InChI is InChI=1S/C20H24ClN3O5S/c1-23-8-10-24(11-9-23)30(26,27)15-5-7-18(28-2)16(13-15)20(25)22-14-4-6-19(29-3)17(21)12-14/h4-7,12-13H,8-11H2,1-3H3,(H,22,25). The number of carbonyl (C=O) groups is 1. The molecular weight excluding hydrogens is 430 g/mol. The van der Waals surface area contributed by atoms with E-state index in [-0.39, 0.29) is 16.2 Å². The monoisotopic (exact) mass is 453 g/mol. The van der Waals surface area contributed by atoms with Crippen LogP contribution in [0.3, 0.4) is 0 Å². The Balaban J connectivity index is 1.89. The summed E-state index contributed by atoms with van der Waals surface area (Å²) >= 11 is 6.11. The molecule has 1 fully saturated rings. The van der Waals surface area contributed by atoms with Crippen LogP contribution in [-0.4, -0.2) is 71.0 Å². The zero-order valence-electron chi connectivity index (χ0n) is 17.0. The smallest absolute Gasteiger partial charge is 0.259 e. The molecule has 1 saturated heterocycles. The maximum absolute atomic E-state index is 13.0. The summed E-state index contributed by atoms with van der Waals surface area (Å²) < 4.78 is 37.9. The van der Waals surface area contributed by atoms with Gasteiger partial charge < -0.3 is 19.7 Å². The molecule has 8 nitrogen and oxygen atoms in total. The number of nitrogens with one attached hydrogen (secondary N) is 1. The normalized spacial score (nSPS) is 15.6. The van der Waals surface area contributed by atoms with Crippen LogP contribution in [0.4, 0.5) is 5.69 Å². The number of piperazine rings is 1. The van der Waals surface area contributed by atoms with Crippen molar-refractivity contribution in [2.45, 2.75) is 4.90 Å². The van der Waals surface area contributed by atoms with Gasteiger partial charge in [0.15, 0.2) is 0 Å². The summed E-state index contributed by atoms with van der Waals surface area (Å²) in [5.74, 6) is 0.237. The second kappa shape index (κ2) is 9.22. The van der Waals surface area contributed by atoms with Crippen LogP contribution in [-0.2, 0) is 10.0 Å². The Kier molecular flexibility index (Phi) is 6.87. The first-order valence-corrected chi connectivity index (χ1v) is 11.1. The average molecular weight is 454 g/mol. The van der Waals surface area contributed by atoms with E-state index >= 15 is 0 Å². The first-order valence-electron chi connectivity index (χ1n) is 9.28. The molecule has 0 aliphatic carbocycles. The van der Waals surface area contributed by atoms with Gasteiger partial charge in [0.2, 0.25) is 10.0 Å². The number of likely N-dealkylation sites (N-methyl/N-ethyl adjacent to an activating group) is 1. The third-order valence-electron chi connectivity index (χ3n) is 4.93. The summed E-state index contributed by atoms with van der Waals surface area (Å²) in [5, 5.41) is 3.06. The molecule has 0 saturated carbocycles. The largest absolute Gasteiger partial charge is 0.496 e. The fourth-order valence-electron chi connectivity index (χ4n) is 3.15. The Hall–Kier alpha value is -2.33. The lowest BCUT2D eigenvalue weighted by Gasteiger charge is -2.31. The van der Waals surface area contributed by atoms with Crippen molar-refractivity contribution < 1.29 is 22.7 Å². The molecule has 3 rings (SSSR count). The predicted molar refractivity (Wildman–Crippen MR) is 115 cm³/mol. The lowest BCUT2D eigenvalue weighted by molar-refractivity contribution is 0.102. The molecule has 2 aromatic carbocycles. The van der Waals surface area contributed by atoms with Crippen LogP contribution >= 0.6 is 11.6 Å². The molecule has 162 valence electrons. The molecule has 1 N–H and O–H groups in total. The molecule has 1 heterocycles. The van der Waals surface area contributed by atoms with E-state index < -0.39 is 15.9 Å². The number of hydrogen-bond acceptors (Lipinski definition) is 6. The predicted octanol–water partition coefficient (Wildman–Crippen LogP) is 2.55. The van der Waals surface area contributed by atoms with Crippen LogP contribution in [0.1, 0.15) is 10.4 Å². The topological polar surface area (TPSA) is 88.2 Å². The summed E-state index contributed by atoms with van der Waals surface area (Å²) in [7, 11) is 1.15. The Morgan fingerprint density at radius 2 is 1.63 bits per heavy atom. The third-order valence-corrected chi connectivity index (χ3v) is 7.12. The highest BCUT2D eigenvalue weighted by molar-refractivity contribution is 7.89. The summed E-state index contributed by atoms with van der Waals surface area (Å²) in [4.78, 5) is 15.0. The molecule has 10 heteroatoms. The molecule has 0 spiro atoms. The molecule has 2 aromatic rings. The fourth-order valence-corrected chi connectivity index (χ4v) is 4.85. The minimum absolute atomic E-state index is 0.0470. The molecule has 0 bridgehead atoms. The zero-order valence-corrected chi connectivity index (χ0v) is 18.6. The van der Waals surface area contributed by atoms with Gasteiger partial charge in [-0.3, -0.25) is 4.79 Å². The van der Waals surface area contributed by atoms with E-state index in [9.17, 15) is 13.2 Å². The van der Waals surface area contributed by atoms with E-state index in [0.717, 1.165) is 0 Å². The highest BCUT2D eigenvalue weighted by Gasteiger charge is 2.29. The van der Waals surface area contributed by atoms with E-state index in [1.165, 1.54) is 36.7 Å². The number of nitrogens with zero attached hydrogens (tertiary/aromatic N) is 2. The SMILES string of the molecule is COc1ccc(NC(=O)c2cc(S(=O)(=O)N3CCN(C)CC3)ccc2OC)cc1Cl. The average Bonchev–Trinajstić information content (AvgIpc) is 2.73. The Labute approximate surface area is 181 Å². The molecule has 1 aliphatic rings. The number of carbonyl (C=O) groups excluding carboxylic acids is 1. The van der Waals surface area contributed by atoms with Crippen molar-refractivity contribution in [1.29, 1.82) is 0 Å². The zero-order chi connectivity index (χ0) is 21.9. The van der Waals surface area contributed by atoms with Crippen molar-refractivity contribution in [3.63, 3.8) is 0 Å². The van der Waals surface area contributed by atoms with Gasteiger partial charge >= 0.3 is 0 Å². The lowest BCUT2D eigenvalue weighted by Crippen LogP contribution is -2.47. The van der Waals surface area contributed by atoms with Crippen LogP contribution in [0.2, 0.25) is 5.02 Å². The maximum Gasteiger partial charge on any atom is 0.259 e. The molecular formula is C20H24ClN3O5S. The van der Waals surface area contributed by atoms with E-state index in [1.54, 1.807) is 18.2 Å². The first kappa shape index (κ1) is 22.4. The number of anilines is 1. The van der Waals surface area contributed by atoms with Crippen molar-refractivity contribution in [1.82, 2.24) is 9.21 Å². The van der Waals surface area contributed by atoms with Gasteiger partial charge in [-0.1, -0.05) is 11.6 Å². The number of amides is 1. The summed E-state index contributed by atoms with van der Waals surface area (Å²) in [6.45, 7) is 2.11. The van der Waals surface area contributed by atoms with Crippen LogP contribution in [0, 0.1) is 0 Å². The Morgan fingerprint density at radius 3 is 2.23 bits per heavy atom. The van der Waals surface area contributed by atoms with Gasteiger partial charge in [-0.2, -0.15) is 4.31 Å². The fraction of sp³-hybridized carbons (Fsp3) is 0.350. The van der Waals surface area contributed by atoms with Crippen molar-refractivity contribution in [3.8, 4) is 11.5 Å². The second-order valence-electron chi connectivity index (χ2n) is 6.87. The van der Waals surface area contributed by atoms with Gasteiger partial charge in [0.25, 0.3) is 5.91 Å². The van der Waals surface area contributed by atoms with Gasteiger partial charge in [0.1, 0.15) is 11.5 Å². The van der Waals surface area contributed by atoms with Gasteiger partial charge in [-0.05, 0) is 43.4 Å². The number of hydrogen-bond donors (Lipinski definition) is 1. The molecule has 1 aliphatic heterocycles. The number of sulfonamides is 1. The summed E-state index contributed by atoms with van der Waals surface area (Å²) in [6, 6.07) is 9.10. The molecule has 0 radical (unpaired) electrons. The molecule has 0 unspecified atom stereocenters. The Morgan fingerprint density at radius 1 is 1.00 bits per heavy atom. The highest BCUT2D eigenvalue weighted by Crippen LogP contribution is 2.29. The number of rotatable bonds is 6. The van der Waals surface area contributed by atoms with E-state index in [1.807, 2.05) is 7.05 Å². The van der Waals surface area contributed by atoms with Crippen molar-refractivity contribution in [2.24, 2.45) is 0 Å². The van der Waals surface area contributed by atoms with Gasteiger partial charge in [0.05, 0.1) is 29.7 Å². The van der Waals surface area contributed by atoms with Crippen LogP contribution in [0.15, 0.2) is 41.3 Å². The summed E-state index contributed by atoms with van der Waals surface area (Å²) in [5.41, 5.74) is 0.555. The summed E-state index contributed by atoms with van der Waals surface area (Å²) in [6.07, 6.45) is 0. The number of ether oxygens (including phenoxy) is 2. The van der Waals surface area contributed by atoms with Gasteiger partial charge in [0, 0.05) is 31.9 Å². The lowest BCUT2D eigenvalue weighted by atomic mass is 10.2. The minimum atomic E-state index is -3.72. The van der Waals surface area contributed by atoms with Crippen molar-refractivity contribution in [2.75, 3.05) is 52.8 Å². The maximum atomic E-state index is 13.0. The van der Waals surface area contributed by atoms with Crippen LogP contribution in [0.25, 0.3) is 0 Å². The molecule has 1 amide bonds. The van der Waals surface area contributed by atoms with Crippen molar-refractivity contribution in [3.05, 3.63) is 47.0 Å². The highest BCUT2D eigenvalue weighted by atomic mass is 35.5. The van der Waals surface area contributed by atoms with E-state index in [2.05, 4.69) is 10.2 Å². The van der Waals surface area contributed by atoms with E-state index in [4.69, 9.17) is 21.1 Å². The number of methoxy groups -OCH3 is 2. The van der Waals surface area contributed by atoms with Gasteiger partial charge in [-0.25, -0.2) is 8.42 Å². The minimum Gasteiger partial charge on any atom is -0.496 e. The quantitative estimate of drug-likeness (QED) is 0.723. The van der Waals surface area contributed by atoms with Crippen molar-refractivity contribution >= 4 is 33.2 Å². The Bertz CT molecular complexity index is 1040. The van der Waals surface area contributed by atoms with Crippen LogP contribution < -0.4 is 14.8 Å². The molecule has 30 heavy (non-hydrogen) atoms. The second-order valence-corrected chi connectivity index (χ2v) is 9.22. The molecule has 0 aromatic heterocycles. The first-order chi connectivity index (χ1) is 14.3. The van der Waals surface area contributed by atoms with Crippen LogP contribution in [0.5, 0.6) is 11.5 Å². The number of halogens is 1. The number of benzene rings is 2. The third kappa shape index (κ3) is 4.70. The van der Waals surface area contributed by atoms with Gasteiger partial charge in [-0.15, -0.1) is 0 Å². The molecule has 0 atom stereocenters. The van der Waals surface area contributed by atoms with E-state index in [0.29, 0.717) is 42.6 Å².